The van der Waals surface area contributed by atoms with Gasteiger partial charge in [0.2, 0.25) is 5.91 Å². The van der Waals surface area contributed by atoms with Crippen LogP contribution in [0.15, 0.2) is 0 Å². The van der Waals surface area contributed by atoms with E-state index in [4.69, 9.17) is 5.26 Å². The molecule has 0 aromatic carbocycles. The number of nitrogens with one attached hydrogen (secondary N) is 1. The third-order valence-corrected chi connectivity index (χ3v) is 4.04. The molecule has 0 spiro atoms. The van der Waals surface area contributed by atoms with Crippen LogP contribution >= 0.6 is 0 Å². The average Bonchev–Trinajstić information content (AvgIpc) is 2.63. The van der Waals surface area contributed by atoms with Crippen LogP contribution in [0, 0.1) is 22.2 Å². The number of nitriles is 1. The summed E-state index contributed by atoms with van der Waals surface area (Å²) in [7, 11) is 0. The second-order valence-corrected chi connectivity index (χ2v) is 6.45. The summed E-state index contributed by atoms with van der Waals surface area (Å²) >= 11 is 0. The lowest BCUT2D eigenvalue weighted by Gasteiger charge is -2.27. The van der Waals surface area contributed by atoms with Crippen LogP contribution in [0.25, 0.3) is 0 Å². The van der Waals surface area contributed by atoms with Gasteiger partial charge in [0.15, 0.2) is 0 Å². The molecule has 0 heterocycles. The first-order valence-corrected chi connectivity index (χ1v) is 7.23. The molecule has 5 nitrogen and oxygen atoms in total. The minimum atomic E-state index is -0.919. The number of aliphatic carboxylic acids is 1. The Morgan fingerprint density at radius 1 is 1.25 bits per heavy atom. The van der Waals surface area contributed by atoms with E-state index >= 15 is 0 Å². The molecule has 1 aliphatic carbocycles. The molecule has 0 bridgehead atoms. The van der Waals surface area contributed by atoms with Gasteiger partial charge in [-0.25, -0.2) is 0 Å². The number of carboxylic acid groups (broad SMARTS) is 1. The van der Waals surface area contributed by atoms with Gasteiger partial charge >= 0.3 is 5.97 Å². The van der Waals surface area contributed by atoms with Gasteiger partial charge in [-0.1, -0.05) is 25.7 Å². The molecule has 2 N–H and O–H groups in total. The van der Waals surface area contributed by atoms with E-state index in [2.05, 4.69) is 11.4 Å². The quantitative estimate of drug-likeness (QED) is 0.757. The van der Waals surface area contributed by atoms with Crippen LogP contribution in [-0.2, 0) is 9.59 Å². The van der Waals surface area contributed by atoms with Gasteiger partial charge in [-0.3, -0.25) is 9.59 Å². The molecule has 20 heavy (non-hydrogen) atoms. The standard InChI is InChI=1S/C15H24N2O3/c1-14(2,10-16)11-17-12(18)9-15(13(19)20)7-5-3-4-6-8-15/h3-9,11H2,1-2H3,(H,17,18)(H,19,20). The molecule has 1 saturated carbocycles. The molecule has 5 heteroatoms. The fourth-order valence-corrected chi connectivity index (χ4v) is 2.60. The number of carboxylic acids is 1. The molecule has 0 atom stereocenters. The third kappa shape index (κ3) is 4.52. The van der Waals surface area contributed by atoms with Crippen molar-refractivity contribution in [1.29, 1.82) is 5.26 Å². The minimum absolute atomic E-state index is 0.0177. The first kappa shape index (κ1) is 16.5. The summed E-state index contributed by atoms with van der Waals surface area (Å²) in [5, 5.41) is 21.1. The Kier molecular flexibility index (Phi) is 5.55. The molecule has 1 amide bonds. The second kappa shape index (κ2) is 6.74. The number of amides is 1. The maximum Gasteiger partial charge on any atom is 0.310 e. The summed E-state index contributed by atoms with van der Waals surface area (Å²) in [5.41, 5.74) is -1.55. The number of rotatable bonds is 5. The molecule has 1 aliphatic rings. The molecule has 0 aliphatic heterocycles. The van der Waals surface area contributed by atoms with Crippen LogP contribution in [0.3, 0.4) is 0 Å². The predicted octanol–water partition coefficient (Wildman–Crippen LogP) is 2.47. The highest BCUT2D eigenvalue weighted by molar-refractivity contribution is 5.85. The van der Waals surface area contributed by atoms with E-state index in [0.29, 0.717) is 12.8 Å². The molecule has 0 aromatic heterocycles. The van der Waals surface area contributed by atoms with Crippen molar-refractivity contribution in [1.82, 2.24) is 5.32 Å². The largest absolute Gasteiger partial charge is 0.481 e. The highest BCUT2D eigenvalue weighted by atomic mass is 16.4. The summed E-state index contributed by atoms with van der Waals surface area (Å²) in [6.07, 6.45) is 4.96. The van der Waals surface area contributed by atoms with Gasteiger partial charge in [-0.2, -0.15) is 5.26 Å². The van der Waals surface area contributed by atoms with E-state index in [0.717, 1.165) is 25.7 Å². The fraction of sp³-hybridized carbons (Fsp3) is 0.800. The van der Waals surface area contributed by atoms with Gasteiger partial charge in [0.1, 0.15) is 0 Å². The van der Waals surface area contributed by atoms with Crippen molar-refractivity contribution < 1.29 is 14.7 Å². The molecular formula is C15H24N2O3. The average molecular weight is 280 g/mol. The zero-order valence-electron chi connectivity index (χ0n) is 12.4. The van der Waals surface area contributed by atoms with Crippen LogP contribution in [0.5, 0.6) is 0 Å². The monoisotopic (exact) mass is 280 g/mol. The number of hydrogen-bond acceptors (Lipinski definition) is 3. The van der Waals surface area contributed by atoms with Crippen LogP contribution in [0.1, 0.15) is 58.8 Å². The highest BCUT2D eigenvalue weighted by Crippen LogP contribution is 2.38. The normalized spacial score (nSPS) is 18.6. The van der Waals surface area contributed by atoms with E-state index < -0.39 is 16.8 Å². The van der Waals surface area contributed by atoms with Crippen LogP contribution in [0.4, 0.5) is 0 Å². The minimum Gasteiger partial charge on any atom is -0.481 e. The van der Waals surface area contributed by atoms with Gasteiger partial charge in [0.25, 0.3) is 0 Å². The Morgan fingerprint density at radius 3 is 2.25 bits per heavy atom. The predicted molar refractivity (Wildman–Crippen MR) is 74.8 cm³/mol. The van der Waals surface area contributed by atoms with Crippen molar-refractivity contribution >= 4 is 11.9 Å². The lowest BCUT2D eigenvalue weighted by atomic mass is 9.77. The van der Waals surface area contributed by atoms with Crippen LogP contribution in [0.2, 0.25) is 0 Å². The molecule has 1 fully saturated rings. The maximum atomic E-state index is 12.0. The van der Waals surface area contributed by atoms with Gasteiger partial charge in [-0.05, 0) is 26.7 Å². The lowest BCUT2D eigenvalue weighted by molar-refractivity contribution is -0.152. The van der Waals surface area contributed by atoms with E-state index in [1.54, 1.807) is 13.8 Å². The summed E-state index contributed by atoms with van der Waals surface area (Å²) in [4.78, 5) is 23.6. The van der Waals surface area contributed by atoms with Crippen molar-refractivity contribution in [3.8, 4) is 6.07 Å². The summed E-state index contributed by atoms with van der Waals surface area (Å²) in [6.45, 7) is 3.73. The molecule has 0 aromatic rings. The zero-order valence-corrected chi connectivity index (χ0v) is 12.4. The fourth-order valence-electron chi connectivity index (χ4n) is 2.60. The Morgan fingerprint density at radius 2 is 1.80 bits per heavy atom. The lowest BCUT2D eigenvalue weighted by Crippen LogP contribution is -2.40. The van der Waals surface area contributed by atoms with Crippen LogP contribution in [-0.4, -0.2) is 23.5 Å². The Labute approximate surface area is 120 Å². The summed E-state index contributed by atoms with van der Waals surface area (Å²) in [5.74, 6) is -1.13. The van der Waals surface area contributed by atoms with Crippen molar-refractivity contribution in [3.05, 3.63) is 0 Å². The summed E-state index contributed by atoms with van der Waals surface area (Å²) < 4.78 is 0. The first-order valence-electron chi connectivity index (χ1n) is 7.23. The number of carbonyl (C=O) groups is 2. The van der Waals surface area contributed by atoms with E-state index in [1.807, 2.05) is 0 Å². The molecular weight excluding hydrogens is 256 g/mol. The number of hydrogen-bond donors (Lipinski definition) is 2. The Hall–Kier alpha value is -1.57. The second-order valence-electron chi connectivity index (χ2n) is 6.45. The van der Waals surface area contributed by atoms with E-state index in [1.165, 1.54) is 0 Å². The van der Waals surface area contributed by atoms with E-state index in [9.17, 15) is 14.7 Å². The van der Waals surface area contributed by atoms with Crippen molar-refractivity contribution in [3.63, 3.8) is 0 Å². The van der Waals surface area contributed by atoms with E-state index in [-0.39, 0.29) is 18.9 Å². The molecule has 0 unspecified atom stereocenters. The smallest absolute Gasteiger partial charge is 0.310 e. The first-order chi connectivity index (χ1) is 9.31. The Balaban J connectivity index is 2.64. The SMILES string of the molecule is CC(C)(C#N)CNC(=O)CC1(C(=O)O)CCCCCC1. The third-order valence-electron chi connectivity index (χ3n) is 4.04. The highest BCUT2D eigenvalue weighted by Gasteiger charge is 2.40. The number of carbonyl (C=O) groups excluding carboxylic acids is 1. The molecule has 0 saturated heterocycles. The Bertz CT molecular complexity index is 402. The summed E-state index contributed by atoms with van der Waals surface area (Å²) in [6, 6.07) is 2.11. The molecule has 0 radical (unpaired) electrons. The van der Waals surface area contributed by atoms with Gasteiger partial charge < -0.3 is 10.4 Å². The van der Waals surface area contributed by atoms with Gasteiger partial charge in [0.05, 0.1) is 16.9 Å². The van der Waals surface area contributed by atoms with Gasteiger partial charge in [-0.15, -0.1) is 0 Å². The molecule has 1 rings (SSSR count). The number of nitrogens with zero attached hydrogens (tertiary/aromatic N) is 1. The van der Waals surface area contributed by atoms with Crippen LogP contribution < -0.4 is 5.32 Å². The van der Waals surface area contributed by atoms with Gasteiger partial charge in [0, 0.05) is 13.0 Å². The van der Waals surface area contributed by atoms with Crippen molar-refractivity contribution in [2.75, 3.05) is 6.54 Å². The molecule has 112 valence electrons. The van der Waals surface area contributed by atoms with Crippen molar-refractivity contribution in [2.45, 2.75) is 58.8 Å². The van der Waals surface area contributed by atoms with Crippen molar-refractivity contribution in [2.24, 2.45) is 10.8 Å². The zero-order chi connectivity index (χ0) is 15.2. The maximum absolute atomic E-state index is 12.0. The topological polar surface area (TPSA) is 90.2 Å².